The lowest BCUT2D eigenvalue weighted by molar-refractivity contribution is 0.0710. The molecule has 2 rings (SSSR count). The molecule has 1 fully saturated rings. The molecule has 110 valence electrons. The molecule has 1 aromatic rings. The number of hydrogen-bond acceptors (Lipinski definition) is 4. The van der Waals surface area contributed by atoms with Crippen LogP contribution in [0, 0.1) is 10.8 Å². The topological polar surface area (TPSA) is 80.9 Å². The third kappa shape index (κ3) is 3.68. The van der Waals surface area contributed by atoms with Crippen molar-refractivity contribution in [1.29, 1.82) is 0 Å². The van der Waals surface area contributed by atoms with Gasteiger partial charge >= 0.3 is 0 Å². The third-order valence-corrected chi connectivity index (χ3v) is 3.81. The van der Waals surface area contributed by atoms with Crippen molar-refractivity contribution in [2.24, 2.45) is 10.8 Å². The van der Waals surface area contributed by atoms with Crippen LogP contribution in [0.1, 0.15) is 57.4 Å². The summed E-state index contributed by atoms with van der Waals surface area (Å²) in [4.78, 5) is 12.2. The molecule has 1 aromatic heterocycles. The van der Waals surface area contributed by atoms with Crippen molar-refractivity contribution in [3.63, 3.8) is 0 Å². The predicted octanol–water partition coefficient (Wildman–Crippen LogP) is 2.39. The molecule has 0 aliphatic heterocycles. The van der Waals surface area contributed by atoms with Crippen molar-refractivity contribution < 1.29 is 4.79 Å². The molecule has 0 aromatic carbocycles. The van der Waals surface area contributed by atoms with Crippen LogP contribution in [0.2, 0.25) is 0 Å². The van der Waals surface area contributed by atoms with Crippen LogP contribution in [0.15, 0.2) is 12.1 Å². The molecule has 1 heterocycles. The zero-order valence-corrected chi connectivity index (χ0v) is 12.7. The number of anilines is 1. The molecule has 5 nitrogen and oxygen atoms in total. The molecule has 0 atom stereocenters. The van der Waals surface area contributed by atoms with E-state index in [9.17, 15) is 4.79 Å². The minimum absolute atomic E-state index is 0.170. The van der Waals surface area contributed by atoms with Crippen LogP contribution in [-0.2, 0) is 0 Å². The second-order valence-electron chi connectivity index (χ2n) is 7.43. The minimum atomic E-state index is -0.170. The van der Waals surface area contributed by atoms with E-state index in [0.717, 1.165) is 12.8 Å². The lowest BCUT2D eigenvalue weighted by atomic mass is 9.63. The summed E-state index contributed by atoms with van der Waals surface area (Å²) in [5.74, 6) is 0.150. The molecule has 0 unspecified atom stereocenters. The van der Waals surface area contributed by atoms with E-state index in [1.807, 2.05) is 0 Å². The zero-order valence-electron chi connectivity index (χ0n) is 12.7. The van der Waals surface area contributed by atoms with Crippen LogP contribution >= 0.6 is 0 Å². The third-order valence-electron chi connectivity index (χ3n) is 3.81. The van der Waals surface area contributed by atoms with E-state index in [1.54, 1.807) is 12.1 Å². The number of carbonyl (C=O) groups excluding carboxylic acids is 1. The van der Waals surface area contributed by atoms with Crippen molar-refractivity contribution >= 4 is 11.7 Å². The number of carbonyl (C=O) groups is 1. The predicted molar refractivity (Wildman–Crippen MR) is 79.1 cm³/mol. The Bertz CT molecular complexity index is 477. The first-order valence-corrected chi connectivity index (χ1v) is 7.07. The van der Waals surface area contributed by atoms with Crippen molar-refractivity contribution in [3.8, 4) is 0 Å². The standard InChI is InChI=1S/C15H24N4O/c1-14(2)7-10(8-15(3,4)9-14)17-13(20)11-5-6-12(16)19-18-11/h5-6,10H,7-9H2,1-4H3,(H2,16,19)(H,17,20). The Hall–Kier alpha value is -1.65. The van der Waals surface area contributed by atoms with Gasteiger partial charge in [-0.2, -0.15) is 0 Å². The Morgan fingerprint density at radius 2 is 1.80 bits per heavy atom. The van der Waals surface area contributed by atoms with Crippen LogP contribution in [0.5, 0.6) is 0 Å². The van der Waals surface area contributed by atoms with Crippen LogP contribution in [0.3, 0.4) is 0 Å². The average molecular weight is 276 g/mol. The maximum Gasteiger partial charge on any atom is 0.272 e. The Morgan fingerprint density at radius 1 is 1.20 bits per heavy atom. The van der Waals surface area contributed by atoms with Gasteiger partial charge in [0.05, 0.1) is 0 Å². The molecule has 1 amide bonds. The second-order valence-corrected chi connectivity index (χ2v) is 7.43. The number of nitrogens with one attached hydrogen (secondary N) is 1. The first-order chi connectivity index (χ1) is 9.17. The van der Waals surface area contributed by atoms with Gasteiger partial charge in [0, 0.05) is 6.04 Å². The summed E-state index contributed by atoms with van der Waals surface area (Å²) < 4.78 is 0. The van der Waals surface area contributed by atoms with Gasteiger partial charge in [-0.05, 0) is 42.2 Å². The fourth-order valence-electron chi connectivity index (χ4n) is 3.67. The Labute approximate surface area is 120 Å². The molecule has 0 saturated heterocycles. The fraction of sp³-hybridized carbons (Fsp3) is 0.667. The number of nitrogen functional groups attached to an aromatic ring is 1. The minimum Gasteiger partial charge on any atom is -0.382 e. The van der Waals surface area contributed by atoms with E-state index >= 15 is 0 Å². The van der Waals surface area contributed by atoms with Crippen molar-refractivity contribution in [1.82, 2.24) is 15.5 Å². The van der Waals surface area contributed by atoms with E-state index in [0.29, 0.717) is 11.5 Å². The largest absolute Gasteiger partial charge is 0.382 e. The molecule has 1 aliphatic carbocycles. The highest BCUT2D eigenvalue weighted by Crippen LogP contribution is 2.45. The lowest BCUT2D eigenvalue weighted by Crippen LogP contribution is -2.46. The highest BCUT2D eigenvalue weighted by atomic mass is 16.2. The molecule has 1 aliphatic rings. The number of aromatic nitrogens is 2. The number of rotatable bonds is 2. The number of nitrogens with two attached hydrogens (primary N) is 1. The maximum absolute atomic E-state index is 12.2. The molecule has 0 radical (unpaired) electrons. The van der Waals surface area contributed by atoms with E-state index in [-0.39, 0.29) is 22.8 Å². The van der Waals surface area contributed by atoms with Crippen LogP contribution < -0.4 is 11.1 Å². The van der Waals surface area contributed by atoms with Crippen LogP contribution in [0.4, 0.5) is 5.82 Å². The monoisotopic (exact) mass is 276 g/mol. The Morgan fingerprint density at radius 3 is 2.30 bits per heavy atom. The summed E-state index contributed by atoms with van der Waals surface area (Å²) in [6.45, 7) is 9.04. The maximum atomic E-state index is 12.2. The number of nitrogens with zero attached hydrogens (tertiary/aromatic N) is 2. The van der Waals surface area contributed by atoms with Gasteiger partial charge < -0.3 is 11.1 Å². The smallest absolute Gasteiger partial charge is 0.272 e. The fourth-order valence-corrected chi connectivity index (χ4v) is 3.67. The van der Waals surface area contributed by atoms with Gasteiger partial charge in [-0.3, -0.25) is 4.79 Å². The van der Waals surface area contributed by atoms with Gasteiger partial charge in [-0.15, -0.1) is 10.2 Å². The lowest BCUT2D eigenvalue weighted by Gasteiger charge is -2.45. The van der Waals surface area contributed by atoms with Gasteiger partial charge in [-0.1, -0.05) is 27.7 Å². The SMILES string of the molecule is CC1(C)CC(NC(=O)c2ccc(N)nn2)CC(C)(C)C1. The summed E-state index contributed by atoms with van der Waals surface area (Å²) in [6.07, 6.45) is 3.16. The first kappa shape index (κ1) is 14.8. The number of amides is 1. The summed E-state index contributed by atoms with van der Waals surface area (Å²) in [6, 6.07) is 3.38. The second kappa shape index (κ2) is 5.04. The van der Waals surface area contributed by atoms with Crippen LogP contribution in [-0.4, -0.2) is 22.1 Å². The molecule has 20 heavy (non-hydrogen) atoms. The molecule has 1 saturated carbocycles. The molecular weight excluding hydrogens is 252 g/mol. The normalized spacial score (nSPS) is 21.4. The van der Waals surface area contributed by atoms with Gasteiger partial charge in [-0.25, -0.2) is 0 Å². The van der Waals surface area contributed by atoms with Gasteiger partial charge in [0.15, 0.2) is 5.69 Å². The Balaban J connectivity index is 2.05. The van der Waals surface area contributed by atoms with Crippen molar-refractivity contribution in [2.45, 2.75) is 53.0 Å². The zero-order chi connectivity index (χ0) is 15.0. The first-order valence-electron chi connectivity index (χ1n) is 7.07. The highest BCUT2D eigenvalue weighted by molar-refractivity contribution is 5.92. The quantitative estimate of drug-likeness (QED) is 0.869. The number of hydrogen-bond donors (Lipinski definition) is 2. The van der Waals surface area contributed by atoms with Gasteiger partial charge in [0.25, 0.3) is 5.91 Å². The van der Waals surface area contributed by atoms with Crippen molar-refractivity contribution in [2.75, 3.05) is 5.73 Å². The van der Waals surface area contributed by atoms with Gasteiger partial charge in [0.1, 0.15) is 5.82 Å². The van der Waals surface area contributed by atoms with E-state index in [4.69, 9.17) is 5.73 Å². The Kier molecular flexibility index (Phi) is 3.71. The summed E-state index contributed by atoms with van der Waals surface area (Å²) in [5.41, 5.74) is 6.28. The van der Waals surface area contributed by atoms with Crippen molar-refractivity contribution in [3.05, 3.63) is 17.8 Å². The summed E-state index contributed by atoms with van der Waals surface area (Å²) in [5, 5.41) is 10.6. The van der Waals surface area contributed by atoms with E-state index < -0.39 is 0 Å². The average Bonchev–Trinajstić information content (AvgIpc) is 2.25. The van der Waals surface area contributed by atoms with E-state index in [1.165, 1.54) is 6.42 Å². The molecular formula is C15H24N4O. The molecule has 0 spiro atoms. The summed E-state index contributed by atoms with van der Waals surface area (Å²) >= 11 is 0. The van der Waals surface area contributed by atoms with Crippen LogP contribution in [0.25, 0.3) is 0 Å². The highest BCUT2D eigenvalue weighted by Gasteiger charge is 2.39. The molecule has 3 N–H and O–H groups in total. The van der Waals surface area contributed by atoms with Gasteiger partial charge in [0.2, 0.25) is 0 Å². The summed E-state index contributed by atoms with van der Waals surface area (Å²) in [7, 11) is 0. The van der Waals surface area contributed by atoms with E-state index in [2.05, 4.69) is 43.2 Å². The molecule has 0 bridgehead atoms. The molecule has 5 heteroatoms.